The largest absolute Gasteiger partial charge is 0.507 e. The van der Waals surface area contributed by atoms with E-state index in [2.05, 4.69) is 32.3 Å². The highest BCUT2D eigenvalue weighted by Crippen LogP contribution is 2.37. The molecule has 2 heterocycles. The van der Waals surface area contributed by atoms with Gasteiger partial charge in [-0.2, -0.15) is 0 Å². The topological polar surface area (TPSA) is 54.7 Å². The molecule has 0 radical (unpaired) electrons. The third kappa shape index (κ3) is 3.86. The molecule has 0 amide bonds. The van der Waals surface area contributed by atoms with Crippen LogP contribution in [0.15, 0.2) is 46.9 Å². The van der Waals surface area contributed by atoms with E-state index >= 15 is 0 Å². The number of fused-ring (bicyclic) bond motifs is 1. The number of benzene rings is 2. The molecule has 1 aliphatic rings. The molecule has 4 rings (SSSR count). The summed E-state index contributed by atoms with van der Waals surface area (Å²) in [5.41, 5.74) is 3.29. The minimum absolute atomic E-state index is 0.108. The maximum absolute atomic E-state index is 13.1. The molecule has 6 heteroatoms. The maximum Gasteiger partial charge on any atom is 0.340 e. The number of phenols is 1. The van der Waals surface area contributed by atoms with Gasteiger partial charge in [0.2, 0.25) is 0 Å². The van der Waals surface area contributed by atoms with Crippen molar-refractivity contribution in [1.29, 1.82) is 0 Å². The number of carbonyl (C=O) groups excluding carboxylic acids is 1. The van der Waals surface area contributed by atoms with Gasteiger partial charge in [0, 0.05) is 23.7 Å². The van der Waals surface area contributed by atoms with Gasteiger partial charge in [-0.05, 0) is 73.4 Å². The lowest BCUT2D eigenvalue weighted by Crippen LogP contribution is -2.37. The maximum atomic E-state index is 13.1. The lowest BCUT2D eigenvalue weighted by atomic mass is 10.0. The molecule has 2 aromatic carbocycles. The molecule has 0 aliphatic carbocycles. The Bertz CT molecular complexity index is 1060. The average Bonchev–Trinajstić information content (AvgIpc) is 3.03. The fourth-order valence-electron chi connectivity index (χ4n) is 4.39. The van der Waals surface area contributed by atoms with E-state index in [-0.39, 0.29) is 11.7 Å². The average molecular weight is 471 g/mol. The highest BCUT2D eigenvalue weighted by Gasteiger charge is 2.28. The summed E-state index contributed by atoms with van der Waals surface area (Å²) in [5.74, 6) is -0.241. The number of aromatic nitrogens is 1. The van der Waals surface area contributed by atoms with Crippen LogP contribution in [-0.4, -0.2) is 39.7 Å². The molecule has 0 spiro atoms. The quantitative estimate of drug-likeness (QED) is 0.489. The minimum atomic E-state index is -0.349. The molecule has 0 saturated carbocycles. The number of phenolic OH excluding ortho intramolecular Hbond substituents is 1. The van der Waals surface area contributed by atoms with Crippen LogP contribution in [0.1, 0.15) is 49.2 Å². The van der Waals surface area contributed by atoms with Gasteiger partial charge >= 0.3 is 5.97 Å². The normalized spacial score (nSPS) is 17.4. The van der Waals surface area contributed by atoms with Gasteiger partial charge in [-0.25, -0.2) is 4.79 Å². The van der Waals surface area contributed by atoms with Crippen molar-refractivity contribution < 1.29 is 14.6 Å². The lowest BCUT2D eigenvalue weighted by Gasteiger charge is -2.33. The van der Waals surface area contributed by atoms with Crippen LogP contribution < -0.4 is 0 Å². The number of piperidine rings is 1. The van der Waals surface area contributed by atoms with Crippen molar-refractivity contribution in [1.82, 2.24) is 9.47 Å². The second-order valence-electron chi connectivity index (χ2n) is 7.85. The molecule has 1 aromatic heterocycles. The van der Waals surface area contributed by atoms with Crippen LogP contribution in [0, 0.1) is 0 Å². The van der Waals surface area contributed by atoms with Gasteiger partial charge in [-0.1, -0.05) is 24.6 Å². The van der Waals surface area contributed by atoms with Gasteiger partial charge in [0.1, 0.15) is 5.75 Å². The summed E-state index contributed by atoms with van der Waals surface area (Å²) in [6.45, 7) is 6.03. The fourth-order valence-corrected chi connectivity index (χ4v) is 4.72. The zero-order valence-electron chi connectivity index (χ0n) is 17.4. The van der Waals surface area contributed by atoms with Crippen molar-refractivity contribution in [2.75, 3.05) is 13.2 Å². The number of hydrogen-bond acceptors (Lipinski definition) is 4. The second-order valence-corrected chi connectivity index (χ2v) is 8.70. The lowest BCUT2D eigenvalue weighted by molar-refractivity contribution is 0.0524. The van der Waals surface area contributed by atoms with Gasteiger partial charge in [0.25, 0.3) is 0 Å². The Labute approximate surface area is 185 Å². The smallest absolute Gasteiger partial charge is 0.340 e. The van der Waals surface area contributed by atoms with Crippen molar-refractivity contribution in [3.05, 3.63) is 58.2 Å². The predicted octanol–water partition coefficient (Wildman–Crippen LogP) is 5.65. The summed E-state index contributed by atoms with van der Waals surface area (Å²) in [5, 5.41) is 11.1. The van der Waals surface area contributed by atoms with Crippen LogP contribution >= 0.6 is 15.9 Å². The first kappa shape index (κ1) is 20.9. The molecule has 5 nitrogen and oxygen atoms in total. The number of halogens is 1. The predicted molar refractivity (Wildman–Crippen MR) is 122 cm³/mol. The number of hydrogen-bond donors (Lipinski definition) is 1. The third-order valence-electron chi connectivity index (χ3n) is 5.92. The molecular weight excluding hydrogens is 444 g/mol. The summed E-state index contributed by atoms with van der Waals surface area (Å²) in [7, 11) is 0. The van der Waals surface area contributed by atoms with Crippen LogP contribution in [-0.2, 0) is 11.3 Å². The number of esters is 1. The first-order valence-electron chi connectivity index (χ1n) is 10.5. The van der Waals surface area contributed by atoms with Gasteiger partial charge < -0.3 is 14.4 Å². The van der Waals surface area contributed by atoms with Crippen LogP contribution in [0.2, 0.25) is 0 Å². The van der Waals surface area contributed by atoms with Crippen molar-refractivity contribution >= 4 is 32.8 Å². The van der Waals surface area contributed by atoms with Gasteiger partial charge in [-0.15, -0.1) is 0 Å². The number of rotatable bonds is 5. The molecule has 1 fully saturated rings. The highest BCUT2D eigenvalue weighted by molar-refractivity contribution is 9.10. The van der Waals surface area contributed by atoms with E-state index in [1.807, 2.05) is 43.3 Å². The van der Waals surface area contributed by atoms with Gasteiger partial charge in [-0.3, -0.25) is 4.90 Å². The van der Waals surface area contributed by atoms with E-state index in [9.17, 15) is 9.90 Å². The summed E-state index contributed by atoms with van der Waals surface area (Å²) in [6.07, 6.45) is 3.56. The number of aromatic hydroxyl groups is 1. The summed E-state index contributed by atoms with van der Waals surface area (Å²) in [6, 6.07) is 14.0. The zero-order valence-corrected chi connectivity index (χ0v) is 19.0. The van der Waals surface area contributed by atoms with E-state index in [1.165, 1.54) is 6.42 Å². The number of ether oxygens (including phenoxy) is 1. The number of nitrogens with zero attached hydrogens (tertiary/aromatic N) is 2. The summed E-state index contributed by atoms with van der Waals surface area (Å²) in [4.78, 5) is 15.5. The van der Waals surface area contributed by atoms with Crippen LogP contribution in [0.25, 0.3) is 16.6 Å². The molecular formula is C24H27BrN2O3. The van der Waals surface area contributed by atoms with Crippen LogP contribution in [0.4, 0.5) is 0 Å². The standard InChI is InChI=1S/C24H27BrN2O3/c1-3-30-24(29)23-18-13-22(28)19(25)14-20(18)27(17-10-5-4-6-11-17)21(23)15-26-12-8-7-9-16(26)2/h4-6,10-11,13-14,16,28H,3,7-9,12,15H2,1-2H3/t16-/m1/s1. The Morgan fingerprint density at radius 3 is 2.70 bits per heavy atom. The monoisotopic (exact) mass is 470 g/mol. The molecule has 0 bridgehead atoms. The second kappa shape index (κ2) is 8.82. The fraction of sp³-hybridized carbons (Fsp3) is 0.375. The summed E-state index contributed by atoms with van der Waals surface area (Å²) < 4.78 is 8.18. The Morgan fingerprint density at radius 1 is 1.23 bits per heavy atom. The Morgan fingerprint density at radius 2 is 2.00 bits per heavy atom. The van der Waals surface area contributed by atoms with Crippen LogP contribution in [0.3, 0.4) is 0 Å². The summed E-state index contributed by atoms with van der Waals surface area (Å²) >= 11 is 3.44. The molecule has 1 N–H and O–H groups in total. The van der Waals surface area contributed by atoms with Gasteiger partial charge in [0.05, 0.1) is 27.9 Å². The van der Waals surface area contributed by atoms with E-state index in [4.69, 9.17) is 4.74 Å². The molecule has 3 aromatic rings. The first-order valence-corrected chi connectivity index (χ1v) is 11.3. The number of likely N-dealkylation sites (tertiary alicyclic amines) is 1. The van der Waals surface area contributed by atoms with E-state index < -0.39 is 0 Å². The Hall–Kier alpha value is -2.31. The van der Waals surface area contributed by atoms with E-state index in [0.717, 1.165) is 36.3 Å². The van der Waals surface area contributed by atoms with E-state index in [0.29, 0.717) is 34.6 Å². The highest BCUT2D eigenvalue weighted by atomic mass is 79.9. The molecule has 1 saturated heterocycles. The van der Waals surface area contributed by atoms with E-state index in [1.54, 1.807) is 6.07 Å². The van der Waals surface area contributed by atoms with Crippen molar-refractivity contribution in [3.8, 4) is 11.4 Å². The minimum Gasteiger partial charge on any atom is -0.507 e. The van der Waals surface area contributed by atoms with Crippen molar-refractivity contribution in [2.45, 2.75) is 45.7 Å². The van der Waals surface area contributed by atoms with Gasteiger partial charge in [0.15, 0.2) is 0 Å². The van der Waals surface area contributed by atoms with Crippen molar-refractivity contribution in [3.63, 3.8) is 0 Å². The first-order chi connectivity index (χ1) is 14.5. The molecule has 1 aliphatic heterocycles. The van der Waals surface area contributed by atoms with Crippen molar-refractivity contribution in [2.24, 2.45) is 0 Å². The molecule has 30 heavy (non-hydrogen) atoms. The third-order valence-corrected chi connectivity index (χ3v) is 6.56. The molecule has 0 unspecified atom stereocenters. The molecule has 158 valence electrons. The van der Waals surface area contributed by atoms with Crippen LogP contribution in [0.5, 0.6) is 5.75 Å². The zero-order chi connectivity index (χ0) is 21.3. The number of para-hydroxylation sites is 1. The SMILES string of the molecule is CCOC(=O)c1c(CN2CCCC[C@H]2C)n(-c2ccccc2)c2cc(Br)c(O)cc12. The molecule has 1 atom stereocenters. The number of carbonyl (C=O) groups is 1. The Kier molecular flexibility index (Phi) is 6.16. The Balaban J connectivity index is 1.99.